The minimum atomic E-state index is -0.391. The van der Waals surface area contributed by atoms with Gasteiger partial charge in [0.2, 0.25) is 5.91 Å². The molecule has 2 aromatic heterocycles. The van der Waals surface area contributed by atoms with Crippen LogP contribution in [0.1, 0.15) is 0 Å². The maximum absolute atomic E-state index is 12.6. The molecule has 134 valence electrons. The van der Waals surface area contributed by atoms with E-state index in [-0.39, 0.29) is 17.9 Å². The number of carbonyl (C=O) groups is 1. The second kappa shape index (κ2) is 7.21. The number of carbonyl (C=O) groups excluding carboxylic acids is 1. The smallest absolute Gasteiger partial charge is 0.244 e. The molecule has 1 fully saturated rings. The van der Waals surface area contributed by atoms with Gasteiger partial charge in [-0.05, 0) is 17.7 Å². The second-order valence-electron chi connectivity index (χ2n) is 6.18. The molecule has 1 saturated heterocycles. The number of pyridine rings is 1. The van der Waals surface area contributed by atoms with Crippen LogP contribution in [0.5, 0.6) is 0 Å². The van der Waals surface area contributed by atoms with Gasteiger partial charge < -0.3 is 9.47 Å². The predicted molar refractivity (Wildman–Crippen MR) is 103 cm³/mol. The van der Waals surface area contributed by atoms with Crippen LogP contribution in [0.3, 0.4) is 0 Å². The molecular weight excluding hydrogens is 362 g/mol. The van der Waals surface area contributed by atoms with Crippen LogP contribution in [0.2, 0.25) is 0 Å². The summed E-state index contributed by atoms with van der Waals surface area (Å²) in [5.74, 6) is 1.03. The van der Waals surface area contributed by atoms with Crippen molar-refractivity contribution in [3.8, 4) is 17.2 Å². The van der Waals surface area contributed by atoms with Gasteiger partial charge in [-0.3, -0.25) is 9.59 Å². The molecule has 0 N–H and O–H groups in total. The molecule has 1 aliphatic rings. The molecule has 0 spiro atoms. The Kier molecular flexibility index (Phi) is 4.60. The number of aromatic nitrogens is 3. The van der Waals surface area contributed by atoms with Crippen LogP contribution in [-0.2, 0) is 11.3 Å². The fraction of sp³-hybridized carbons (Fsp3) is 0.211. The molecule has 1 amide bonds. The van der Waals surface area contributed by atoms with E-state index in [9.17, 15) is 14.9 Å². The summed E-state index contributed by atoms with van der Waals surface area (Å²) >= 11 is 1.57. The molecular formula is C19H15N5O2S. The van der Waals surface area contributed by atoms with E-state index >= 15 is 0 Å². The van der Waals surface area contributed by atoms with Gasteiger partial charge >= 0.3 is 0 Å². The Morgan fingerprint density at radius 2 is 2.07 bits per heavy atom. The van der Waals surface area contributed by atoms with Crippen molar-refractivity contribution >= 4 is 28.6 Å². The first-order chi connectivity index (χ1) is 13.2. The molecule has 3 aromatic rings. The van der Waals surface area contributed by atoms with Crippen molar-refractivity contribution in [1.29, 1.82) is 5.26 Å². The summed E-state index contributed by atoms with van der Waals surface area (Å²) in [6.45, 7) is 0.0866. The minimum Gasteiger partial charge on any atom is -0.338 e. The molecule has 0 unspecified atom stereocenters. The summed E-state index contributed by atoms with van der Waals surface area (Å²) in [4.78, 5) is 34.6. The third kappa shape index (κ3) is 3.29. The highest BCUT2D eigenvalue weighted by atomic mass is 32.2. The average Bonchev–Trinajstić information content (AvgIpc) is 3.19. The molecule has 4 rings (SSSR count). The van der Waals surface area contributed by atoms with Gasteiger partial charge in [-0.15, -0.1) is 11.8 Å². The van der Waals surface area contributed by atoms with E-state index in [0.717, 1.165) is 11.1 Å². The number of rotatable bonds is 3. The molecule has 0 saturated carbocycles. The molecule has 0 aliphatic carbocycles. The second-order valence-corrected chi connectivity index (χ2v) is 7.18. The lowest BCUT2D eigenvalue weighted by Crippen LogP contribution is -2.37. The first kappa shape index (κ1) is 17.2. The lowest BCUT2D eigenvalue weighted by Gasteiger charge is -2.20. The maximum Gasteiger partial charge on any atom is 0.244 e. The highest BCUT2D eigenvalue weighted by Crippen LogP contribution is 2.23. The number of fused-ring (bicyclic) bond motifs is 1. The van der Waals surface area contributed by atoms with Gasteiger partial charge in [0.1, 0.15) is 18.9 Å². The van der Waals surface area contributed by atoms with Crippen molar-refractivity contribution in [1.82, 2.24) is 19.4 Å². The Balaban J connectivity index is 1.70. The van der Waals surface area contributed by atoms with E-state index in [1.54, 1.807) is 45.9 Å². The van der Waals surface area contributed by atoms with E-state index in [1.165, 1.54) is 12.4 Å². The quantitative estimate of drug-likeness (QED) is 0.692. The molecule has 1 aromatic carbocycles. The molecule has 1 aliphatic heterocycles. The molecule has 7 nitrogen and oxygen atoms in total. The summed E-state index contributed by atoms with van der Waals surface area (Å²) in [6.07, 6.45) is 6.45. The molecule has 8 heteroatoms. The number of hydrogen-bond acceptors (Lipinski definition) is 6. The maximum atomic E-state index is 12.6. The lowest BCUT2D eigenvalue weighted by molar-refractivity contribution is -0.131. The third-order valence-corrected chi connectivity index (χ3v) is 5.54. The van der Waals surface area contributed by atoms with E-state index in [1.807, 2.05) is 12.1 Å². The van der Waals surface area contributed by atoms with Crippen molar-refractivity contribution in [3.63, 3.8) is 0 Å². The standard InChI is InChI=1S/C19H15N5O2S/c20-6-15-10-27-12-24(15)19(26)9-23-4-3-18(25)16-5-13(1-2-17(16)23)14-7-21-11-22-8-14/h1-5,7-8,11,15H,9-10,12H2/t15-/m1/s1. The minimum absolute atomic E-state index is 0.0866. The molecule has 1 atom stereocenters. The average molecular weight is 377 g/mol. The summed E-state index contributed by atoms with van der Waals surface area (Å²) < 4.78 is 1.75. The molecule has 0 bridgehead atoms. The van der Waals surface area contributed by atoms with E-state index in [2.05, 4.69) is 16.0 Å². The molecule has 27 heavy (non-hydrogen) atoms. The van der Waals surface area contributed by atoms with Crippen LogP contribution < -0.4 is 5.43 Å². The molecule has 0 radical (unpaired) electrons. The van der Waals surface area contributed by atoms with E-state index in [0.29, 0.717) is 22.5 Å². The first-order valence-electron chi connectivity index (χ1n) is 8.33. The number of hydrogen-bond donors (Lipinski definition) is 0. The monoisotopic (exact) mass is 377 g/mol. The van der Waals surface area contributed by atoms with Crippen LogP contribution in [0, 0.1) is 11.3 Å². The summed E-state index contributed by atoms with van der Waals surface area (Å²) in [6, 6.07) is 8.73. The highest BCUT2D eigenvalue weighted by Gasteiger charge is 2.29. The Bertz CT molecular complexity index is 1110. The Morgan fingerprint density at radius 3 is 2.85 bits per heavy atom. The van der Waals surface area contributed by atoms with Crippen LogP contribution in [0.25, 0.3) is 22.0 Å². The van der Waals surface area contributed by atoms with E-state index in [4.69, 9.17) is 0 Å². The van der Waals surface area contributed by atoms with Crippen molar-refractivity contribution < 1.29 is 4.79 Å². The van der Waals surface area contributed by atoms with Gasteiger partial charge in [-0.1, -0.05) is 6.07 Å². The first-order valence-corrected chi connectivity index (χ1v) is 9.48. The van der Waals surface area contributed by atoms with Gasteiger partial charge in [0.15, 0.2) is 5.43 Å². The van der Waals surface area contributed by atoms with E-state index < -0.39 is 6.04 Å². The predicted octanol–water partition coefficient (Wildman–Crippen LogP) is 1.88. The summed E-state index contributed by atoms with van der Waals surface area (Å²) in [5.41, 5.74) is 2.22. The summed E-state index contributed by atoms with van der Waals surface area (Å²) in [5, 5.41) is 9.71. The SMILES string of the molecule is N#C[C@@H]1CSCN1C(=O)Cn1ccc(=O)c2cc(-c3cncnc3)ccc21. The van der Waals surface area contributed by atoms with Crippen molar-refractivity contribution in [2.75, 3.05) is 11.6 Å². The fourth-order valence-corrected chi connectivity index (χ4v) is 4.21. The number of amides is 1. The topological polar surface area (TPSA) is 91.9 Å². The number of nitrogens with zero attached hydrogens (tertiary/aromatic N) is 5. The Labute approximate surface area is 159 Å². The zero-order valence-corrected chi connectivity index (χ0v) is 15.1. The van der Waals surface area contributed by atoms with Crippen LogP contribution in [0.4, 0.5) is 0 Å². The van der Waals surface area contributed by atoms with Gasteiger partial charge in [0.25, 0.3) is 0 Å². The number of benzene rings is 1. The highest BCUT2D eigenvalue weighted by molar-refractivity contribution is 7.99. The zero-order chi connectivity index (χ0) is 18.8. The van der Waals surface area contributed by atoms with Gasteiger partial charge in [-0.25, -0.2) is 9.97 Å². The van der Waals surface area contributed by atoms with Gasteiger partial charge in [0, 0.05) is 41.4 Å². The number of thioether (sulfide) groups is 1. The fourth-order valence-electron chi connectivity index (χ4n) is 3.11. The van der Waals surface area contributed by atoms with Crippen molar-refractivity contribution in [2.45, 2.75) is 12.6 Å². The van der Waals surface area contributed by atoms with Gasteiger partial charge in [-0.2, -0.15) is 5.26 Å². The largest absolute Gasteiger partial charge is 0.338 e. The Hall–Kier alpha value is -3.18. The Morgan fingerprint density at radius 1 is 1.26 bits per heavy atom. The van der Waals surface area contributed by atoms with Crippen molar-refractivity contribution in [3.05, 3.63) is 59.4 Å². The number of nitriles is 1. The molecule has 3 heterocycles. The van der Waals surface area contributed by atoms with Crippen LogP contribution >= 0.6 is 11.8 Å². The van der Waals surface area contributed by atoms with Crippen LogP contribution in [-0.4, -0.2) is 43.0 Å². The zero-order valence-electron chi connectivity index (χ0n) is 14.3. The lowest BCUT2D eigenvalue weighted by atomic mass is 10.1. The van der Waals surface area contributed by atoms with Crippen molar-refractivity contribution in [2.24, 2.45) is 0 Å². The normalized spacial score (nSPS) is 16.4. The summed E-state index contributed by atoms with van der Waals surface area (Å²) in [7, 11) is 0. The van der Waals surface area contributed by atoms with Crippen LogP contribution in [0.15, 0.2) is 54.0 Å². The van der Waals surface area contributed by atoms with Gasteiger partial charge in [0.05, 0.1) is 17.5 Å². The third-order valence-electron chi connectivity index (χ3n) is 4.53.